The molecular formula is C26H23BrClN5O2. The molecule has 0 bridgehead atoms. The topological polar surface area (TPSA) is 79.6 Å². The molecule has 4 aromatic rings. The molecule has 9 heteroatoms. The summed E-state index contributed by atoms with van der Waals surface area (Å²) in [6, 6.07) is 16.9. The van der Waals surface area contributed by atoms with Crippen LogP contribution in [0.5, 0.6) is 0 Å². The van der Waals surface area contributed by atoms with Gasteiger partial charge in [0, 0.05) is 48.8 Å². The zero-order valence-electron chi connectivity index (χ0n) is 19.0. The van der Waals surface area contributed by atoms with Crippen LogP contribution in [0.2, 0.25) is 5.02 Å². The molecule has 0 saturated carbocycles. The first-order valence-electron chi connectivity index (χ1n) is 11.3. The summed E-state index contributed by atoms with van der Waals surface area (Å²) in [5.41, 5.74) is 3.76. The number of hydrogen-bond acceptors (Lipinski definition) is 5. The molecule has 2 aromatic carbocycles. The highest BCUT2D eigenvalue weighted by Crippen LogP contribution is 2.34. The summed E-state index contributed by atoms with van der Waals surface area (Å²) in [6.45, 7) is 1.18. The van der Waals surface area contributed by atoms with Gasteiger partial charge in [0.15, 0.2) is 11.4 Å². The number of anilines is 1. The number of nitrogens with one attached hydrogen (secondary N) is 1. The molecule has 1 aliphatic rings. The lowest BCUT2D eigenvalue weighted by Gasteiger charge is -2.21. The number of Topliss-reactive ketones (excluding diaryl/α,β-unsaturated/α-hetero) is 1. The Balaban J connectivity index is 1.26. The minimum absolute atomic E-state index is 0.0217. The molecule has 0 fully saturated rings. The number of halogens is 2. The van der Waals surface area contributed by atoms with Crippen molar-refractivity contribution in [2.45, 2.75) is 18.8 Å². The number of carbonyl (C=O) groups excluding carboxylic acids is 2. The van der Waals surface area contributed by atoms with Gasteiger partial charge in [0.2, 0.25) is 5.91 Å². The number of benzene rings is 2. The van der Waals surface area contributed by atoms with Crippen molar-refractivity contribution in [3.63, 3.8) is 0 Å². The quantitative estimate of drug-likeness (QED) is 0.309. The Morgan fingerprint density at radius 3 is 2.74 bits per heavy atom. The van der Waals surface area contributed by atoms with Crippen LogP contribution in [0.1, 0.15) is 34.7 Å². The first-order chi connectivity index (χ1) is 16.9. The molecule has 2 heterocycles. The lowest BCUT2D eigenvalue weighted by Crippen LogP contribution is -2.32. The van der Waals surface area contributed by atoms with Crippen LogP contribution in [-0.4, -0.2) is 51.3 Å². The second-order valence-corrected chi connectivity index (χ2v) is 9.80. The molecular weight excluding hydrogens is 530 g/mol. The Bertz CT molecular complexity index is 1440. The van der Waals surface area contributed by atoms with Crippen LogP contribution in [0.3, 0.4) is 0 Å². The lowest BCUT2D eigenvalue weighted by atomic mass is 10.00. The van der Waals surface area contributed by atoms with Gasteiger partial charge < -0.3 is 10.2 Å². The molecule has 1 N–H and O–H groups in total. The maximum Gasteiger partial charge on any atom is 0.230 e. The fourth-order valence-corrected chi connectivity index (χ4v) is 5.04. The second-order valence-electron chi connectivity index (χ2n) is 8.54. The van der Waals surface area contributed by atoms with Gasteiger partial charge in [-0.3, -0.25) is 9.59 Å². The summed E-state index contributed by atoms with van der Waals surface area (Å²) in [4.78, 5) is 31.8. The summed E-state index contributed by atoms with van der Waals surface area (Å²) < 4.78 is 2.52. The Labute approximate surface area is 216 Å². The molecule has 0 radical (unpaired) electrons. The molecule has 178 valence electrons. The number of aromatic nitrogens is 3. The largest absolute Gasteiger partial charge is 0.370 e. The van der Waals surface area contributed by atoms with Crippen molar-refractivity contribution in [1.29, 1.82) is 0 Å². The van der Waals surface area contributed by atoms with E-state index in [4.69, 9.17) is 16.6 Å². The number of hydrogen-bond donors (Lipinski definition) is 1. The van der Waals surface area contributed by atoms with Crippen LogP contribution in [0.15, 0.2) is 65.3 Å². The van der Waals surface area contributed by atoms with E-state index in [1.165, 1.54) is 0 Å². The molecule has 1 atom stereocenters. The van der Waals surface area contributed by atoms with Crippen molar-refractivity contribution < 1.29 is 9.59 Å². The van der Waals surface area contributed by atoms with Crippen molar-refractivity contribution in [2.75, 3.05) is 25.5 Å². The van der Waals surface area contributed by atoms with E-state index in [1.807, 2.05) is 48.5 Å². The standard InChI is InChI=1S/C26H23BrClN5O2/c1-32(26(35)19-13-23(34)17-8-3-2-7-16(17)19)12-6-11-29-24-14-22(18-9-4-5-10-21(18)28)31-25-20(27)15-30-33(24)25/h2-5,7-10,14-15,19,29H,6,11-13H2,1H3. The van der Waals surface area contributed by atoms with E-state index in [0.717, 1.165) is 33.5 Å². The van der Waals surface area contributed by atoms with Crippen LogP contribution in [0, 0.1) is 0 Å². The molecule has 0 spiro atoms. The third kappa shape index (κ3) is 4.56. The lowest BCUT2D eigenvalue weighted by molar-refractivity contribution is -0.131. The third-order valence-electron chi connectivity index (χ3n) is 6.26. The minimum atomic E-state index is -0.393. The molecule has 35 heavy (non-hydrogen) atoms. The average Bonchev–Trinajstić information content (AvgIpc) is 3.41. The summed E-state index contributed by atoms with van der Waals surface area (Å²) in [5, 5.41) is 8.46. The SMILES string of the molecule is CN(CCCNc1cc(-c2ccccc2Cl)nc2c(Br)cnn12)C(=O)C1CC(=O)c2ccccc21. The van der Waals surface area contributed by atoms with E-state index < -0.39 is 5.92 Å². The summed E-state index contributed by atoms with van der Waals surface area (Å²) >= 11 is 9.93. The third-order valence-corrected chi connectivity index (χ3v) is 7.14. The van der Waals surface area contributed by atoms with E-state index in [-0.39, 0.29) is 18.1 Å². The van der Waals surface area contributed by atoms with Crippen molar-refractivity contribution in [3.8, 4) is 11.3 Å². The van der Waals surface area contributed by atoms with Crippen molar-refractivity contribution in [3.05, 3.63) is 81.4 Å². The maximum atomic E-state index is 13.0. The van der Waals surface area contributed by atoms with Crippen molar-refractivity contribution >= 4 is 50.7 Å². The smallest absolute Gasteiger partial charge is 0.230 e. The minimum Gasteiger partial charge on any atom is -0.370 e. The van der Waals surface area contributed by atoms with E-state index in [2.05, 4.69) is 26.3 Å². The summed E-state index contributed by atoms with van der Waals surface area (Å²) in [5.74, 6) is 0.401. The van der Waals surface area contributed by atoms with E-state index in [1.54, 1.807) is 28.7 Å². The summed E-state index contributed by atoms with van der Waals surface area (Å²) in [7, 11) is 1.79. The first kappa shape index (κ1) is 23.5. The van der Waals surface area contributed by atoms with Crippen LogP contribution in [-0.2, 0) is 4.79 Å². The van der Waals surface area contributed by atoms with Crippen LogP contribution < -0.4 is 5.32 Å². The van der Waals surface area contributed by atoms with E-state index >= 15 is 0 Å². The first-order valence-corrected chi connectivity index (χ1v) is 12.5. The number of likely N-dealkylation sites (N-methyl/N-ethyl adjacent to an activating group) is 1. The molecule has 1 unspecified atom stereocenters. The highest BCUT2D eigenvalue weighted by Gasteiger charge is 2.35. The van der Waals surface area contributed by atoms with Crippen molar-refractivity contribution in [1.82, 2.24) is 19.5 Å². The second kappa shape index (κ2) is 9.79. The number of nitrogens with zero attached hydrogens (tertiary/aromatic N) is 4. The maximum absolute atomic E-state index is 13.0. The number of amides is 1. The molecule has 1 aliphatic carbocycles. The van der Waals surface area contributed by atoms with Gasteiger partial charge in [-0.2, -0.15) is 9.61 Å². The number of ketones is 1. The highest BCUT2D eigenvalue weighted by atomic mass is 79.9. The van der Waals surface area contributed by atoms with Gasteiger partial charge in [0.05, 0.1) is 22.3 Å². The van der Waals surface area contributed by atoms with Gasteiger partial charge >= 0.3 is 0 Å². The molecule has 5 rings (SSSR count). The number of fused-ring (bicyclic) bond motifs is 2. The number of rotatable bonds is 7. The Hall–Kier alpha value is -3.23. The van der Waals surface area contributed by atoms with Crippen LogP contribution in [0.4, 0.5) is 5.82 Å². The molecule has 1 amide bonds. The van der Waals surface area contributed by atoms with Gasteiger partial charge in [0.25, 0.3) is 0 Å². The monoisotopic (exact) mass is 551 g/mol. The van der Waals surface area contributed by atoms with Gasteiger partial charge in [-0.1, -0.05) is 54.1 Å². The Kier molecular flexibility index (Phi) is 6.58. The zero-order chi connectivity index (χ0) is 24.5. The number of carbonyl (C=O) groups is 2. The highest BCUT2D eigenvalue weighted by molar-refractivity contribution is 9.10. The van der Waals surface area contributed by atoms with Gasteiger partial charge in [-0.25, -0.2) is 4.98 Å². The van der Waals surface area contributed by atoms with Crippen LogP contribution >= 0.6 is 27.5 Å². The molecule has 0 saturated heterocycles. The fourth-order valence-electron chi connectivity index (χ4n) is 4.46. The summed E-state index contributed by atoms with van der Waals surface area (Å²) in [6.07, 6.45) is 2.67. The predicted molar refractivity (Wildman–Crippen MR) is 140 cm³/mol. The van der Waals surface area contributed by atoms with E-state index in [0.29, 0.717) is 29.3 Å². The Morgan fingerprint density at radius 1 is 1.20 bits per heavy atom. The van der Waals surface area contributed by atoms with E-state index in [9.17, 15) is 9.59 Å². The van der Waals surface area contributed by atoms with Gasteiger partial charge in [0.1, 0.15) is 5.82 Å². The van der Waals surface area contributed by atoms with Gasteiger partial charge in [-0.15, -0.1) is 0 Å². The van der Waals surface area contributed by atoms with Crippen molar-refractivity contribution in [2.24, 2.45) is 0 Å². The molecule has 7 nitrogen and oxygen atoms in total. The average molecular weight is 553 g/mol. The fraction of sp³-hybridized carbons (Fsp3) is 0.231. The molecule has 2 aromatic heterocycles. The Morgan fingerprint density at radius 2 is 1.94 bits per heavy atom. The molecule has 0 aliphatic heterocycles. The van der Waals surface area contributed by atoms with Gasteiger partial charge in [-0.05, 0) is 34.0 Å². The predicted octanol–water partition coefficient (Wildman–Crippen LogP) is 5.44. The normalized spacial score (nSPS) is 14.8. The van der Waals surface area contributed by atoms with Crippen LogP contribution in [0.25, 0.3) is 16.9 Å². The zero-order valence-corrected chi connectivity index (χ0v) is 21.4.